The number of hydrogen-bond acceptors (Lipinski definition) is 5. The third kappa shape index (κ3) is 6.20. The summed E-state index contributed by atoms with van der Waals surface area (Å²) in [4.78, 5) is 25.9. The van der Waals surface area contributed by atoms with Crippen LogP contribution in [0.4, 0.5) is 0 Å². The van der Waals surface area contributed by atoms with E-state index in [0.717, 1.165) is 12.0 Å². The third-order valence-corrected chi connectivity index (χ3v) is 6.53. The van der Waals surface area contributed by atoms with Gasteiger partial charge in [0.1, 0.15) is 6.04 Å². The summed E-state index contributed by atoms with van der Waals surface area (Å²) in [6, 6.07) is 17.4. The molecular formula is C23H27NO6P+. The number of carboxylic acid groups (broad SMARTS) is 1. The molecule has 31 heavy (non-hydrogen) atoms. The molecule has 0 aromatic heterocycles. The van der Waals surface area contributed by atoms with E-state index >= 15 is 0 Å². The normalized spacial score (nSPS) is 18.4. The molecule has 2 aromatic carbocycles. The van der Waals surface area contributed by atoms with Crippen LogP contribution in [-0.2, 0) is 25.1 Å². The summed E-state index contributed by atoms with van der Waals surface area (Å²) in [7, 11) is -2.55. The first-order chi connectivity index (χ1) is 15.0. The van der Waals surface area contributed by atoms with Crippen molar-refractivity contribution in [3.05, 3.63) is 71.8 Å². The molecule has 8 heteroatoms. The molecule has 1 fully saturated rings. The number of likely N-dealkylation sites (tertiary alicyclic amines) is 1. The van der Waals surface area contributed by atoms with Crippen molar-refractivity contribution < 1.29 is 28.9 Å². The quantitative estimate of drug-likeness (QED) is 0.539. The minimum absolute atomic E-state index is 0.265. The summed E-state index contributed by atoms with van der Waals surface area (Å²) in [6.45, 7) is 0.304. The van der Waals surface area contributed by atoms with E-state index in [0.29, 0.717) is 31.4 Å². The summed E-state index contributed by atoms with van der Waals surface area (Å²) >= 11 is 0. The van der Waals surface area contributed by atoms with Gasteiger partial charge in [0.2, 0.25) is 6.10 Å². The zero-order valence-electron chi connectivity index (χ0n) is 17.2. The Balaban J connectivity index is 1.66. The zero-order chi connectivity index (χ0) is 22.2. The fourth-order valence-corrected chi connectivity index (χ4v) is 4.68. The molecule has 1 heterocycles. The van der Waals surface area contributed by atoms with Gasteiger partial charge in [-0.25, -0.2) is 4.79 Å². The number of rotatable bonds is 10. The first-order valence-electron chi connectivity index (χ1n) is 10.4. The van der Waals surface area contributed by atoms with Crippen molar-refractivity contribution in [3.8, 4) is 0 Å². The van der Waals surface area contributed by atoms with Crippen LogP contribution in [0.15, 0.2) is 60.7 Å². The van der Waals surface area contributed by atoms with Crippen molar-refractivity contribution in [2.45, 2.75) is 50.1 Å². The number of aryl methyl sites for hydroxylation is 1. The average Bonchev–Trinajstić information content (AvgIpc) is 3.28. The van der Waals surface area contributed by atoms with Gasteiger partial charge in [-0.2, -0.15) is 0 Å². The highest BCUT2D eigenvalue weighted by molar-refractivity contribution is 7.39. The van der Waals surface area contributed by atoms with Crippen LogP contribution in [0.1, 0.15) is 42.9 Å². The van der Waals surface area contributed by atoms with Crippen LogP contribution < -0.4 is 0 Å². The van der Waals surface area contributed by atoms with E-state index in [9.17, 15) is 24.4 Å². The predicted molar refractivity (Wildman–Crippen MR) is 116 cm³/mol. The molecule has 164 valence electrons. The Labute approximate surface area is 182 Å². The van der Waals surface area contributed by atoms with Gasteiger partial charge in [0, 0.05) is 13.0 Å². The standard InChI is InChI=1S/C23H26NO6P/c25-20(15-7-11-17-9-3-1-4-10-17)31(29)30-21(18-12-5-2-6-13-18)22(26)24-16-8-14-19(24)23(27)28/h1-6,9-10,12-13,19-21,25H,7-8,11,14-16H2/p+1/t19-,20-,21-/m1/s1. The lowest BCUT2D eigenvalue weighted by Gasteiger charge is -2.24. The monoisotopic (exact) mass is 444 g/mol. The van der Waals surface area contributed by atoms with Gasteiger partial charge in [0.15, 0.2) is 0 Å². The number of carbonyl (C=O) groups is 2. The first kappa shape index (κ1) is 23.1. The lowest BCUT2D eigenvalue weighted by atomic mass is 10.1. The lowest BCUT2D eigenvalue weighted by Crippen LogP contribution is -2.43. The summed E-state index contributed by atoms with van der Waals surface area (Å²) in [6.07, 6.45) is 1.34. The molecule has 1 aliphatic heterocycles. The summed E-state index contributed by atoms with van der Waals surface area (Å²) in [5.74, 6) is -2.83. The largest absolute Gasteiger partial charge is 0.541 e. The molecule has 0 bridgehead atoms. The molecule has 1 saturated heterocycles. The molecule has 0 aliphatic carbocycles. The first-order valence-corrected chi connectivity index (χ1v) is 11.7. The highest BCUT2D eigenvalue weighted by Crippen LogP contribution is 2.39. The number of hydrogen-bond donors (Lipinski definition) is 2. The molecule has 0 saturated carbocycles. The van der Waals surface area contributed by atoms with E-state index in [1.165, 1.54) is 4.90 Å². The predicted octanol–water partition coefficient (Wildman–Crippen LogP) is 3.90. The van der Waals surface area contributed by atoms with E-state index in [-0.39, 0.29) is 6.42 Å². The molecule has 2 aromatic rings. The van der Waals surface area contributed by atoms with Crippen molar-refractivity contribution in [1.29, 1.82) is 0 Å². The molecule has 3 rings (SSSR count). The minimum Gasteiger partial charge on any atom is -0.480 e. The Morgan fingerprint density at radius 2 is 1.74 bits per heavy atom. The maximum absolute atomic E-state index is 13.1. The summed E-state index contributed by atoms with van der Waals surface area (Å²) in [5.41, 5.74) is 1.60. The van der Waals surface area contributed by atoms with Gasteiger partial charge in [-0.3, -0.25) is 4.79 Å². The van der Waals surface area contributed by atoms with Crippen molar-refractivity contribution in [2.75, 3.05) is 6.54 Å². The van der Waals surface area contributed by atoms with Gasteiger partial charge in [-0.1, -0.05) is 60.7 Å². The number of nitrogens with zero attached hydrogens (tertiary/aromatic N) is 1. The second kappa shape index (κ2) is 11.1. The minimum atomic E-state index is -2.55. The topological polar surface area (TPSA) is 104 Å². The Morgan fingerprint density at radius 3 is 2.39 bits per heavy atom. The Bertz CT molecular complexity index is 891. The Morgan fingerprint density at radius 1 is 1.10 bits per heavy atom. The van der Waals surface area contributed by atoms with Crippen molar-refractivity contribution >= 4 is 19.9 Å². The van der Waals surface area contributed by atoms with Crippen LogP contribution >= 0.6 is 8.03 Å². The van der Waals surface area contributed by atoms with Crippen LogP contribution in [0.5, 0.6) is 0 Å². The smallest absolute Gasteiger partial charge is 0.480 e. The second-order valence-electron chi connectivity index (χ2n) is 7.57. The number of aliphatic hydroxyl groups excluding tert-OH is 1. The van der Waals surface area contributed by atoms with E-state index in [2.05, 4.69) is 0 Å². The highest BCUT2D eigenvalue weighted by atomic mass is 31.1. The molecule has 7 nitrogen and oxygen atoms in total. The van der Waals surface area contributed by atoms with Crippen LogP contribution in [-0.4, -0.2) is 45.4 Å². The molecule has 1 unspecified atom stereocenters. The zero-order valence-corrected chi connectivity index (χ0v) is 18.1. The van der Waals surface area contributed by atoms with Gasteiger partial charge >= 0.3 is 14.0 Å². The van der Waals surface area contributed by atoms with Gasteiger partial charge in [0.05, 0.1) is 0 Å². The van der Waals surface area contributed by atoms with Gasteiger partial charge < -0.3 is 15.1 Å². The fourth-order valence-electron chi connectivity index (χ4n) is 3.73. The number of carbonyl (C=O) groups excluding carboxylic acids is 1. The van der Waals surface area contributed by atoms with E-state index in [1.807, 2.05) is 30.3 Å². The van der Waals surface area contributed by atoms with Crippen molar-refractivity contribution in [2.24, 2.45) is 0 Å². The average molecular weight is 444 g/mol. The SMILES string of the molecule is O=C(O)[C@H]1CCCN1C(=O)[C@H](O[P+](=O)[C@@H](O)CCCc1ccccc1)c1ccccc1. The van der Waals surface area contributed by atoms with Gasteiger partial charge in [-0.05, 0) is 41.4 Å². The Kier molecular flexibility index (Phi) is 8.29. The molecule has 1 amide bonds. The van der Waals surface area contributed by atoms with E-state index in [4.69, 9.17) is 4.52 Å². The number of amides is 1. The van der Waals surface area contributed by atoms with Crippen LogP contribution in [0.25, 0.3) is 0 Å². The maximum Gasteiger partial charge on any atom is 0.541 e. The van der Waals surface area contributed by atoms with Crippen LogP contribution in [0, 0.1) is 0 Å². The third-order valence-electron chi connectivity index (χ3n) is 5.37. The number of carboxylic acids is 1. The molecule has 0 spiro atoms. The number of aliphatic hydroxyl groups is 1. The fraction of sp³-hybridized carbons (Fsp3) is 0.391. The van der Waals surface area contributed by atoms with Crippen molar-refractivity contribution in [3.63, 3.8) is 0 Å². The lowest BCUT2D eigenvalue weighted by molar-refractivity contribution is -0.151. The molecule has 2 N–H and O–H groups in total. The van der Waals surface area contributed by atoms with E-state index < -0.39 is 37.9 Å². The van der Waals surface area contributed by atoms with E-state index in [1.54, 1.807) is 30.3 Å². The summed E-state index contributed by atoms with van der Waals surface area (Å²) < 4.78 is 18.3. The number of benzene rings is 2. The van der Waals surface area contributed by atoms with Crippen LogP contribution in [0.3, 0.4) is 0 Å². The summed E-state index contributed by atoms with van der Waals surface area (Å²) in [5, 5.41) is 19.8. The van der Waals surface area contributed by atoms with Crippen molar-refractivity contribution in [1.82, 2.24) is 4.90 Å². The molecule has 4 atom stereocenters. The number of aliphatic carboxylic acids is 1. The van der Waals surface area contributed by atoms with Gasteiger partial charge in [0.25, 0.3) is 11.8 Å². The van der Waals surface area contributed by atoms with Crippen LogP contribution in [0.2, 0.25) is 0 Å². The maximum atomic E-state index is 13.1. The second-order valence-corrected chi connectivity index (χ2v) is 8.95. The highest BCUT2D eigenvalue weighted by Gasteiger charge is 2.43. The molecule has 0 radical (unpaired) electrons. The Hall–Kier alpha value is -2.60. The molecule has 1 aliphatic rings. The molecular weight excluding hydrogens is 417 g/mol. The van der Waals surface area contributed by atoms with Gasteiger partial charge in [-0.15, -0.1) is 4.52 Å².